The van der Waals surface area contributed by atoms with E-state index in [4.69, 9.17) is 4.74 Å². The van der Waals surface area contributed by atoms with E-state index in [0.717, 1.165) is 45.9 Å². The fourth-order valence-electron chi connectivity index (χ4n) is 2.69. The lowest BCUT2D eigenvalue weighted by Crippen LogP contribution is -2.50. The van der Waals surface area contributed by atoms with E-state index >= 15 is 0 Å². The molecule has 0 spiro atoms. The molecule has 2 aliphatic rings. The molecule has 5 heteroatoms. The summed E-state index contributed by atoms with van der Waals surface area (Å²) in [5.74, 6) is 0.311. The molecule has 2 fully saturated rings. The van der Waals surface area contributed by atoms with Crippen LogP contribution in [0.5, 0.6) is 0 Å². The van der Waals surface area contributed by atoms with Crippen LogP contribution >= 0.6 is 0 Å². The average Bonchev–Trinajstić information content (AvgIpc) is 2.46. The van der Waals surface area contributed by atoms with Gasteiger partial charge < -0.3 is 15.4 Å². The summed E-state index contributed by atoms with van der Waals surface area (Å²) in [5, 5.41) is 6.18. The molecule has 1 amide bonds. The van der Waals surface area contributed by atoms with Crippen LogP contribution in [-0.4, -0.2) is 50.2 Å². The van der Waals surface area contributed by atoms with Gasteiger partial charge in [-0.3, -0.25) is 9.69 Å². The molecule has 0 aliphatic carbocycles. The minimum absolute atomic E-state index is 0.149. The van der Waals surface area contributed by atoms with Crippen molar-refractivity contribution in [2.24, 2.45) is 5.92 Å². The van der Waals surface area contributed by atoms with E-state index in [1.807, 2.05) is 6.07 Å². The summed E-state index contributed by atoms with van der Waals surface area (Å²) < 4.78 is 5.39. The van der Waals surface area contributed by atoms with Crippen molar-refractivity contribution in [1.82, 2.24) is 15.5 Å². The Hall–Kier alpha value is -1.43. The van der Waals surface area contributed by atoms with Gasteiger partial charge in [0.1, 0.15) is 0 Å². The molecule has 2 N–H and O–H groups in total. The minimum atomic E-state index is 0.149. The summed E-state index contributed by atoms with van der Waals surface area (Å²) in [5.41, 5.74) is 2.51. The second kappa shape index (κ2) is 7.02. The van der Waals surface area contributed by atoms with Crippen LogP contribution in [-0.2, 0) is 22.6 Å². The lowest BCUT2D eigenvalue weighted by Gasteiger charge is -2.28. The summed E-state index contributed by atoms with van der Waals surface area (Å²) in [7, 11) is 0. The first-order chi connectivity index (χ1) is 10.3. The summed E-state index contributed by atoms with van der Waals surface area (Å²) in [4.78, 5) is 14.3. The van der Waals surface area contributed by atoms with Gasteiger partial charge in [-0.05, 0) is 11.1 Å². The van der Waals surface area contributed by atoms with Gasteiger partial charge in [0.2, 0.25) is 5.91 Å². The molecule has 3 rings (SSSR count). The van der Waals surface area contributed by atoms with Gasteiger partial charge in [-0.1, -0.05) is 24.3 Å². The number of morpholine rings is 1. The number of hydrogen-bond acceptors (Lipinski definition) is 4. The van der Waals surface area contributed by atoms with Crippen LogP contribution in [0, 0.1) is 5.92 Å². The highest BCUT2D eigenvalue weighted by molar-refractivity contribution is 5.80. The highest BCUT2D eigenvalue weighted by Crippen LogP contribution is 2.13. The predicted molar refractivity (Wildman–Crippen MR) is 80.7 cm³/mol. The molecule has 1 aromatic rings. The Morgan fingerprint density at radius 3 is 2.62 bits per heavy atom. The Morgan fingerprint density at radius 2 is 1.95 bits per heavy atom. The number of carbonyl (C=O) groups excluding carboxylic acids is 1. The summed E-state index contributed by atoms with van der Waals surface area (Å²) in [6, 6.07) is 8.36. The van der Waals surface area contributed by atoms with Crippen molar-refractivity contribution in [1.29, 1.82) is 0 Å². The van der Waals surface area contributed by atoms with Crippen molar-refractivity contribution < 1.29 is 9.53 Å². The predicted octanol–water partition coefficient (Wildman–Crippen LogP) is 0.354. The molecule has 0 unspecified atom stereocenters. The maximum absolute atomic E-state index is 11.9. The average molecular weight is 289 g/mol. The zero-order chi connectivity index (χ0) is 14.5. The van der Waals surface area contributed by atoms with Gasteiger partial charge >= 0.3 is 0 Å². The number of hydrogen-bond donors (Lipinski definition) is 2. The number of amides is 1. The first-order valence-corrected chi connectivity index (χ1v) is 7.68. The molecule has 114 valence electrons. The number of nitrogens with one attached hydrogen (secondary N) is 2. The van der Waals surface area contributed by atoms with E-state index in [-0.39, 0.29) is 11.8 Å². The van der Waals surface area contributed by atoms with Crippen molar-refractivity contribution in [3.05, 3.63) is 35.4 Å². The maximum atomic E-state index is 11.9. The van der Waals surface area contributed by atoms with Gasteiger partial charge in [-0.25, -0.2) is 0 Å². The smallest absolute Gasteiger partial charge is 0.225 e. The molecule has 0 aromatic heterocycles. The Morgan fingerprint density at radius 1 is 1.24 bits per heavy atom. The molecule has 2 aliphatic heterocycles. The lowest BCUT2D eigenvalue weighted by molar-refractivity contribution is -0.126. The highest BCUT2D eigenvalue weighted by Gasteiger charge is 2.24. The van der Waals surface area contributed by atoms with Crippen LogP contribution in [0.15, 0.2) is 24.3 Å². The van der Waals surface area contributed by atoms with Crippen LogP contribution < -0.4 is 10.6 Å². The third-order valence-electron chi connectivity index (χ3n) is 4.22. The second-order valence-corrected chi connectivity index (χ2v) is 5.73. The maximum Gasteiger partial charge on any atom is 0.225 e. The first kappa shape index (κ1) is 14.5. The molecule has 0 bridgehead atoms. The van der Waals surface area contributed by atoms with E-state index < -0.39 is 0 Å². The van der Waals surface area contributed by atoms with Crippen LogP contribution in [0.3, 0.4) is 0 Å². The fourth-order valence-corrected chi connectivity index (χ4v) is 2.69. The summed E-state index contributed by atoms with van der Waals surface area (Å²) in [6.07, 6.45) is 0. The third kappa shape index (κ3) is 3.81. The van der Waals surface area contributed by atoms with Gasteiger partial charge in [0, 0.05) is 39.3 Å². The van der Waals surface area contributed by atoms with Gasteiger partial charge in [0.05, 0.1) is 19.1 Å². The zero-order valence-corrected chi connectivity index (χ0v) is 12.3. The van der Waals surface area contributed by atoms with Crippen molar-refractivity contribution >= 4 is 5.91 Å². The monoisotopic (exact) mass is 289 g/mol. The van der Waals surface area contributed by atoms with Crippen LogP contribution in [0.1, 0.15) is 11.1 Å². The lowest BCUT2D eigenvalue weighted by atomic mass is 10.0. The van der Waals surface area contributed by atoms with Crippen molar-refractivity contribution in [3.8, 4) is 0 Å². The van der Waals surface area contributed by atoms with Crippen molar-refractivity contribution in [3.63, 3.8) is 0 Å². The van der Waals surface area contributed by atoms with Crippen LogP contribution in [0.2, 0.25) is 0 Å². The Kier molecular flexibility index (Phi) is 4.85. The molecule has 0 radical (unpaired) electrons. The molecule has 5 nitrogen and oxygen atoms in total. The summed E-state index contributed by atoms with van der Waals surface area (Å²) >= 11 is 0. The molecule has 0 atom stereocenters. The quantitative estimate of drug-likeness (QED) is 0.821. The Labute approximate surface area is 125 Å². The van der Waals surface area contributed by atoms with Gasteiger partial charge in [0.15, 0.2) is 0 Å². The third-order valence-corrected chi connectivity index (χ3v) is 4.22. The van der Waals surface area contributed by atoms with Crippen molar-refractivity contribution in [2.45, 2.75) is 13.1 Å². The van der Waals surface area contributed by atoms with E-state index in [2.05, 4.69) is 33.7 Å². The van der Waals surface area contributed by atoms with Crippen LogP contribution in [0.25, 0.3) is 0 Å². The Bertz CT molecular complexity index is 482. The molecular weight excluding hydrogens is 266 g/mol. The SMILES string of the molecule is O=C(NCc1ccccc1CN1CCOCC1)C1CNC1. The number of benzene rings is 1. The standard InChI is InChI=1S/C16H23N3O2/c20-16(15-9-17-10-15)18-11-13-3-1-2-4-14(13)12-19-5-7-21-8-6-19/h1-4,15,17H,5-12H2,(H,18,20). The van der Waals surface area contributed by atoms with Crippen LogP contribution in [0.4, 0.5) is 0 Å². The number of rotatable bonds is 5. The number of nitrogens with zero attached hydrogens (tertiary/aromatic N) is 1. The molecule has 21 heavy (non-hydrogen) atoms. The molecular formula is C16H23N3O2. The van der Waals surface area contributed by atoms with Gasteiger partial charge in [0.25, 0.3) is 0 Å². The number of ether oxygens (including phenoxy) is 1. The summed E-state index contributed by atoms with van der Waals surface area (Å²) in [6.45, 7) is 6.75. The van der Waals surface area contributed by atoms with E-state index in [0.29, 0.717) is 6.54 Å². The Balaban J connectivity index is 1.57. The second-order valence-electron chi connectivity index (χ2n) is 5.73. The topological polar surface area (TPSA) is 53.6 Å². The van der Waals surface area contributed by atoms with Gasteiger partial charge in [-0.15, -0.1) is 0 Å². The first-order valence-electron chi connectivity index (χ1n) is 7.68. The largest absolute Gasteiger partial charge is 0.379 e. The van der Waals surface area contributed by atoms with E-state index in [1.165, 1.54) is 11.1 Å². The van der Waals surface area contributed by atoms with Crippen molar-refractivity contribution in [2.75, 3.05) is 39.4 Å². The minimum Gasteiger partial charge on any atom is -0.379 e. The normalized spacial score (nSPS) is 20.0. The van der Waals surface area contributed by atoms with E-state index in [1.54, 1.807) is 0 Å². The molecule has 2 heterocycles. The zero-order valence-electron chi connectivity index (χ0n) is 12.3. The molecule has 1 aromatic carbocycles. The molecule has 0 saturated carbocycles. The van der Waals surface area contributed by atoms with Gasteiger partial charge in [-0.2, -0.15) is 0 Å². The molecule has 2 saturated heterocycles. The number of carbonyl (C=O) groups is 1. The fraction of sp³-hybridized carbons (Fsp3) is 0.562. The highest BCUT2D eigenvalue weighted by atomic mass is 16.5. The van der Waals surface area contributed by atoms with E-state index in [9.17, 15) is 4.79 Å².